The maximum absolute atomic E-state index is 5.74. The SMILES string of the molecule is CCCOc1nc(N)nc(N2CCC(N(C)C)CC2)n1. The van der Waals surface area contributed by atoms with Crippen LogP contribution in [-0.2, 0) is 0 Å². The molecule has 112 valence electrons. The zero-order valence-electron chi connectivity index (χ0n) is 12.5. The van der Waals surface area contributed by atoms with E-state index >= 15 is 0 Å². The van der Waals surface area contributed by atoms with Crippen LogP contribution in [0.3, 0.4) is 0 Å². The first-order valence-electron chi connectivity index (χ1n) is 7.16. The molecule has 2 N–H and O–H groups in total. The van der Waals surface area contributed by atoms with Crippen LogP contribution in [0, 0.1) is 0 Å². The van der Waals surface area contributed by atoms with E-state index in [1.165, 1.54) is 0 Å². The molecule has 0 spiro atoms. The quantitative estimate of drug-likeness (QED) is 0.853. The molecule has 20 heavy (non-hydrogen) atoms. The van der Waals surface area contributed by atoms with Crippen molar-refractivity contribution in [2.75, 3.05) is 44.4 Å². The fourth-order valence-corrected chi connectivity index (χ4v) is 2.34. The van der Waals surface area contributed by atoms with Gasteiger partial charge in [0.1, 0.15) is 0 Å². The maximum Gasteiger partial charge on any atom is 0.323 e. The van der Waals surface area contributed by atoms with Crippen molar-refractivity contribution in [3.63, 3.8) is 0 Å². The molecule has 0 atom stereocenters. The average molecular weight is 280 g/mol. The van der Waals surface area contributed by atoms with Gasteiger partial charge in [-0.05, 0) is 33.4 Å². The van der Waals surface area contributed by atoms with Gasteiger partial charge in [-0.1, -0.05) is 6.92 Å². The van der Waals surface area contributed by atoms with Crippen molar-refractivity contribution in [3.8, 4) is 6.01 Å². The molecule has 0 radical (unpaired) electrons. The summed E-state index contributed by atoms with van der Waals surface area (Å²) in [4.78, 5) is 17.0. The largest absolute Gasteiger partial charge is 0.463 e. The van der Waals surface area contributed by atoms with E-state index in [0.717, 1.165) is 32.4 Å². The van der Waals surface area contributed by atoms with Gasteiger partial charge in [0.05, 0.1) is 6.61 Å². The van der Waals surface area contributed by atoms with E-state index in [9.17, 15) is 0 Å². The van der Waals surface area contributed by atoms with Crippen LogP contribution in [0.4, 0.5) is 11.9 Å². The molecule has 0 bridgehead atoms. The van der Waals surface area contributed by atoms with Gasteiger partial charge < -0.3 is 20.3 Å². The smallest absolute Gasteiger partial charge is 0.323 e. The minimum Gasteiger partial charge on any atom is -0.463 e. The molecule has 1 saturated heterocycles. The van der Waals surface area contributed by atoms with Crippen molar-refractivity contribution in [3.05, 3.63) is 0 Å². The first kappa shape index (κ1) is 14.8. The number of hydrogen-bond acceptors (Lipinski definition) is 7. The Bertz CT molecular complexity index is 431. The average Bonchev–Trinajstić information content (AvgIpc) is 2.44. The molecule has 0 aromatic carbocycles. The lowest BCUT2D eigenvalue weighted by Gasteiger charge is -2.35. The molecular weight excluding hydrogens is 256 g/mol. The molecule has 0 aliphatic carbocycles. The second kappa shape index (κ2) is 6.69. The fourth-order valence-electron chi connectivity index (χ4n) is 2.34. The molecule has 0 amide bonds. The lowest BCUT2D eigenvalue weighted by atomic mass is 10.0. The molecule has 7 heteroatoms. The van der Waals surface area contributed by atoms with Gasteiger partial charge >= 0.3 is 6.01 Å². The number of hydrogen-bond donors (Lipinski definition) is 1. The van der Waals surface area contributed by atoms with Crippen molar-refractivity contribution in [1.82, 2.24) is 19.9 Å². The van der Waals surface area contributed by atoms with Gasteiger partial charge in [0, 0.05) is 19.1 Å². The maximum atomic E-state index is 5.74. The third kappa shape index (κ3) is 3.69. The van der Waals surface area contributed by atoms with Gasteiger partial charge in [0.25, 0.3) is 0 Å². The molecule has 0 saturated carbocycles. The first-order chi connectivity index (χ1) is 9.60. The third-order valence-electron chi connectivity index (χ3n) is 3.53. The third-order valence-corrected chi connectivity index (χ3v) is 3.53. The molecule has 0 unspecified atom stereocenters. The summed E-state index contributed by atoms with van der Waals surface area (Å²) in [5.74, 6) is 0.844. The molecule has 1 aliphatic heterocycles. The Hall–Kier alpha value is -1.63. The number of nitrogen functional groups attached to an aromatic ring is 1. The number of nitrogens with zero attached hydrogens (tertiary/aromatic N) is 5. The normalized spacial score (nSPS) is 16.7. The highest BCUT2D eigenvalue weighted by Gasteiger charge is 2.23. The highest BCUT2D eigenvalue weighted by atomic mass is 16.5. The summed E-state index contributed by atoms with van der Waals surface area (Å²) in [6.45, 7) is 4.49. The summed E-state index contributed by atoms with van der Waals surface area (Å²) in [5, 5.41) is 0. The summed E-state index contributed by atoms with van der Waals surface area (Å²) in [6.07, 6.45) is 3.11. The minimum absolute atomic E-state index is 0.218. The second-order valence-electron chi connectivity index (χ2n) is 5.31. The standard InChI is InChI=1S/C13H24N6O/c1-4-9-20-13-16-11(14)15-12(17-13)19-7-5-10(6-8-19)18(2)3/h10H,4-9H2,1-3H3,(H2,14,15,16,17). The monoisotopic (exact) mass is 280 g/mol. The van der Waals surface area contributed by atoms with Crippen LogP contribution in [0.2, 0.25) is 0 Å². The van der Waals surface area contributed by atoms with Crippen LogP contribution < -0.4 is 15.4 Å². The van der Waals surface area contributed by atoms with Crippen molar-refractivity contribution < 1.29 is 4.74 Å². The number of anilines is 2. The number of rotatable bonds is 5. The van der Waals surface area contributed by atoms with Crippen LogP contribution in [0.15, 0.2) is 0 Å². The van der Waals surface area contributed by atoms with Crippen molar-refractivity contribution >= 4 is 11.9 Å². The fraction of sp³-hybridized carbons (Fsp3) is 0.769. The van der Waals surface area contributed by atoms with Gasteiger partial charge in [-0.3, -0.25) is 0 Å². The zero-order valence-corrected chi connectivity index (χ0v) is 12.5. The van der Waals surface area contributed by atoms with Gasteiger partial charge in [-0.2, -0.15) is 15.0 Å². The van der Waals surface area contributed by atoms with Crippen molar-refractivity contribution in [1.29, 1.82) is 0 Å². The van der Waals surface area contributed by atoms with E-state index in [2.05, 4.69) is 38.8 Å². The van der Waals surface area contributed by atoms with Crippen LogP contribution in [-0.4, -0.2) is 59.7 Å². The topological polar surface area (TPSA) is 80.4 Å². The molecule has 7 nitrogen and oxygen atoms in total. The van der Waals surface area contributed by atoms with Crippen LogP contribution in [0.25, 0.3) is 0 Å². The van der Waals surface area contributed by atoms with Crippen molar-refractivity contribution in [2.45, 2.75) is 32.2 Å². The lowest BCUT2D eigenvalue weighted by molar-refractivity contribution is 0.248. The van der Waals surface area contributed by atoms with E-state index in [1.54, 1.807) is 0 Å². The van der Waals surface area contributed by atoms with E-state index < -0.39 is 0 Å². The lowest BCUT2D eigenvalue weighted by Crippen LogP contribution is -2.42. The number of ether oxygens (including phenoxy) is 1. The summed E-state index contributed by atoms with van der Waals surface area (Å²) < 4.78 is 5.45. The molecule has 1 fully saturated rings. The highest BCUT2D eigenvalue weighted by molar-refractivity contribution is 5.36. The molecule has 1 aromatic heterocycles. The molecule has 1 aliphatic rings. The second-order valence-corrected chi connectivity index (χ2v) is 5.31. The van der Waals surface area contributed by atoms with Crippen LogP contribution in [0.5, 0.6) is 6.01 Å². The van der Waals surface area contributed by atoms with E-state index in [4.69, 9.17) is 10.5 Å². The number of aromatic nitrogens is 3. The Morgan fingerprint density at radius 3 is 2.55 bits per heavy atom. The van der Waals surface area contributed by atoms with E-state index in [-0.39, 0.29) is 5.95 Å². The summed E-state index contributed by atoms with van der Waals surface area (Å²) in [7, 11) is 4.25. The van der Waals surface area contributed by atoms with E-state index in [1.807, 2.05) is 6.92 Å². The van der Waals surface area contributed by atoms with Gasteiger partial charge in [-0.15, -0.1) is 0 Å². The Morgan fingerprint density at radius 2 is 1.95 bits per heavy atom. The Balaban J connectivity index is 2.03. The highest BCUT2D eigenvalue weighted by Crippen LogP contribution is 2.20. The summed E-state index contributed by atoms with van der Waals surface area (Å²) in [5.41, 5.74) is 5.74. The van der Waals surface area contributed by atoms with Crippen molar-refractivity contribution in [2.24, 2.45) is 0 Å². The Morgan fingerprint density at radius 1 is 1.25 bits per heavy atom. The predicted octanol–water partition coefficient (Wildman–Crippen LogP) is 0.773. The molecule has 1 aromatic rings. The van der Waals surface area contributed by atoms with Crippen LogP contribution >= 0.6 is 0 Å². The first-order valence-corrected chi connectivity index (χ1v) is 7.16. The number of piperidine rings is 1. The van der Waals surface area contributed by atoms with Gasteiger partial charge in [-0.25, -0.2) is 0 Å². The van der Waals surface area contributed by atoms with E-state index in [0.29, 0.717) is 24.6 Å². The number of nitrogens with two attached hydrogens (primary N) is 1. The Labute approximate surface area is 120 Å². The van der Waals surface area contributed by atoms with Crippen LogP contribution in [0.1, 0.15) is 26.2 Å². The van der Waals surface area contributed by atoms with Gasteiger partial charge in [0.2, 0.25) is 11.9 Å². The predicted molar refractivity (Wildman–Crippen MR) is 78.9 cm³/mol. The summed E-state index contributed by atoms with van der Waals surface area (Å²) >= 11 is 0. The molecule has 2 rings (SSSR count). The molecular formula is C13H24N6O. The summed E-state index contributed by atoms with van der Waals surface area (Å²) in [6, 6.07) is 0.949. The van der Waals surface area contributed by atoms with Gasteiger partial charge in [0.15, 0.2) is 0 Å². The minimum atomic E-state index is 0.218. The zero-order chi connectivity index (χ0) is 14.5. The molecule has 2 heterocycles. The Kier molecular flexibility index (Phi) is 4.94.